The van der Waals surface area contributed by atoms with Gasteiger partial charge in [0.2, 0.25) is 11.8 Å². The molecule has 0 aliphatic carbocycles. The van der Waals surface area contributed by atoms with Crippen molar-refractivity contribution in [2.24, 2.45) is 0 Å². The summed E-state index contributed by atoms with van der Waals surface area (Å²) in [6.07, 6.45) is 0.908. The highest BCUT2D eigenvalue weighted by Crippen LogP contribution is 2.17. The predicted molar refractivity (Wildman–Crippen MR) is 110 cm³/mol. The van der Waals surface area contributed by atoms with Crippen LogP contribution in [0.25, 0.3) is 11.1 Å². The van der Waals surface area contributed by atoms with Crippen LogP contribution in [0.15, 0.2) is 52.9 Å². The third-order valence-corrected chi connectivity index (χ3v) is 5.20. The Morgan fingerprint density at radius 1 is 1.04 bits per heavy atom. The van der Waals surface area contributed by atoms with Gasteiger partial charge in [0.1, 0.15) is 5.52 Å². The van der Waals surface area contributed by atoms with Crippen LogP contribution in [-0.2, 0) is 17.8 Å². The van der Waals surface area contributed by atoms with Gasteiger partial charge in [-0.25, -0.2) is 4.98 Å². The second-order valence-electron chi connectivity index (χ2n) is 7.19. The largest absolute Gasteiger partial charge is 0.439 e. The van der Waals surface area contributed by atoms with E-state index >= 15 is 0 Å². The van der Waals surface area contributed by atoms with Crippen molar-refractivity contribution in [3.8, 4) is 0 Å². The lowest BCUT2D eigenvalue weighted by Gasteiger charge is -2.33. The molecule has 6 heteroatoms. The van der Waals surface area contributed by atoms with Gasteiger partial charge in [0.25, 0.3) is 0 Å². The second-order valence-corrected chi connectivity index (χ2v) is 7.19. The summed E-state index contributed by atoms with van der Waals surface area (Å²) in [4.78, 5) is 21.5. The molecule has 0 radical (unpaired) electrons. The normalized spacial score (nSPS) is 15.8. The molecule has 0 atom stereocenters. The number of hydrogen-bond acceptors (Lipinski definition) is 5. The molecular weight excluding hydrogens is 352 g/mol. The van der Waals surface area contributed by atoms with Crippen molar-refractivity contribution in [3.05, 3.63) is 60.0 Å². The van der Waals surface area contributed by atoms with Gasteiger partial charge in [0.15, 0.2) is 5.58 Å². The Hall–Kier alpha value is -2.70. The summed E-state index contributed by atoms with van der Waals surface area (Å²) in [7, 11) is 0. The third-order valence-electron chi connectivity index (χ3n) is 5.20. The number of para-hydroxylation sites is 3. The number of carbonyl (C=O) groups excluding carboxylic acids is 1. The van der Waals surface area contributed by atoms with Gasteiger partial charge in [-0.2, -0.15) is 0 Å². The molecule has 2 aromatic carbocycles. The number of rotatable bonds is 6. The van der Waals surface area contributed by atoms with E-state index in [0.29, 0.717) is 13.1 Å². The molecule has 0 bridgehead atoms. The minimum atomic E-state index is 0.0494. The standard InChI is InChI=1S/C22H26N4O2/c1-2-17-7-3-4-8-18(17)23-21(27)15-25-11-13-26(14-12-25)16-22-24-19-9-5-6-10-20(19)28-22/h3-10H,2,11-16H2,1H3,(H,23,27). The topological polar surface area (TPSA) is 61.6 Å². The van der Waals surface area contributed by atoms with E-state index < -0.39 is 0 Å². The fourth-order valence-electron chi connectivity index (χ4n) is 3.63. The molecule has 0 unspecified atom stereocenters. The number of hydrogen-bond donors (Lipinski definition) is 1. The average Bonchev–Trinajstić information content (AvgIpc) is 3.12. The Labute approximate surface area is 165 Å². The lowest BCUT2D eigenvalue weighted by Crippen LogP contribution is -2.48. The fraction of sp³-hybridized carbons (Fsp3) is 0.364. The molecule has 146 valence electrons. The first kappa shape index (κ1) is 18.7. The van der Waals surface area contributed by atoms with Crippen molar-refractivity contribution in [1.29, 1.82) is 0 Å². The van der Waals surface area contributed by atoms with Crippen molar-refractivity contribution in [2.45, 2.75) is 19.9 Å². The molecule has 1 N–H and O–H groups in total. The minimum absolute atomic E-state index is 0.0494. The summed E-state index contributed by atoms with van der Waals surface area (Å²) >= 11 is 0. The number of piperazine rings is 1. The Morgan fingerprint density at radius 3 is 2.54 bits per heavy atom. The van der Waals surface area contributed by atoms with Crippen LogP contribution in [0.2, 0.25) is 0 Å². The van der Waals surface area contributed by atoms with Gasteiger partial charge in [-0.1, -0.05) is 37.3 Å². The number of amides is 1. The Bertz CT molecular complexity index is 911. The SMILES string of the molecule is CCc1ccccc1NC(=O)CN1CCN(Cc2nc3ccccc3o2)CC1. The van der Waals surface area contributed by atoms with E-state index in [-0.39, 0.29) is 5.91 Å². The number of oxazole rings is 1. The van der Waals surface area contributed by atoms with Crippen LogP contribution >= 0.6 is 0 Å². The molecule has 1 aliphatic heterocycles. The molecular formula is C22H26N4O2. The number of aryl methyl sites for hydroxylation is 1. The first-order valence-electron chi connectivity index (χ1n) is 9.88. The summed E-state index contributed by atoms with van der Waals surface area (Å²) in [5.41, 5.74) is 3.82. The quantitative estimate of drug-likeness (QED) is 0.714. The average molecular weight is 378 g/mol. The maximum absolute atomic E-state index is 12.4. The molecule has 1 amide bonds. The van der Waals surface area contributed by atoms with Crippen LogP contribution in [0.3, 0.4) is 0 Å². The molecule has 1 aliphatic rings. The highest BCUT2D eigenvalue weighted by atomic mass is 16.3. The van der Waals surface area contributed by atoms with Gasteiger partial charge in [-0.3, -0.25) is 14.6 Å². The molecule has 1 saturated heterocycles. The van der Waals surface area contributed by atoms with Crippen LogP contribution in [0.5, 0.6) is 0 Å². The molecule has 4 rings (SSSR count). The lowest BCUT2D eigenvalue weighted by molar-refractivity contribution is -0.117. The molecule has 1 fully saturated rings. The van der Waals surface area contributed by atoms with E-state index in [9.17, 15) is 4.79 Å². The van der Waals surface area contributed by atoms with Gasteiger partial charge in [-0.15, -0.1) is 0 Å². The zero-order chi connectivity index (χ0) is 19.3. The first-order valence-corrected chi connectivity index (χ1v) is 9.88. The van der Waals surface area contributed by atoms with E-state index in [0.717, 1.165) is 55.3 Å². The summed E-state index contributed by atoms with van der Waals surface area (Å²) in [5, 5.41) is 3.06. The maximum atomic E-state index is 12.4. The maximum Gasteiger partial charge on any atom is 0.238 e. The number of fused-ring (bicyclic) bond motifs is 1. The molecule has 3 aromatic rings. The van der Waals surface area contributed by atoms with Crippen LogP contribution < -0.4 is 5.32 Å². The number of benzene rings is 2. The van der Waals surface area contributed by atoms with Crippen LogP contribution in [-0.4, -0.2) is 53.4 Å². The summed E-state index contributed by atoms with van der Waals surface area (Å²) in [5.74, 6) is 0.803. The first-order chi connectivity index (χ1) is 13.7. The Balaban J connectivity index is 1.26. The van der Waals surface area contributed by atoms with Crippen LogP contribution in [0.1, 0.15) is 18.4 Å². The minimum Gasteiger partial charge on any atom is -0.439 e. The summed E-state index contributed by atoms with van der Waals surface area (Å²) < 4.78 is 5.82. The van der Waals surface area contributed by atoms with Crippen LogP contribution in [0.4, 0.5) is 5.69 Å². The highest BCUT2D eigenvalue weighted by molar-refractivity contribution is 5.93. The van der Waals surface area contributed by atoms with E-state index in [4.69, 9.17) is 4.42 Å². The van der Waals surface area contributed by atoms with E-state index in [1.165, 1.54) is 5.56 Å². The zero-order valence-corrected chi connectivity index (χ0v) is 16.2. The Morgan fingerprint density at radius 2 is 1.75 bits per heavy atom. The van der Waals surface area contributed by atoms with Crippen molar-refractivity contribution < 1.29 is 9.21 Å². The molecule has 1 aromatic heterocycles. The number of aromatic nitrogens is 1. The monoisotopic (exact) mass is 378 g/mol. The Kier molecular flexibility index (Phi) is 5.69. The predicted octanol–water partition coefficient (Wildman–Crippen LogP) is 3.15. The van der Waals surface area contributed by atoms with Gasteiger partial charge in [0.05, 0.1) is 13.1 Å². The number of carbonyl (C=O) groups is 1. The molecule has 2 heterocycles. The van der Waals surface area contributed by atoms with Crippen molar-refractivity contribution in [2.75, 3.05) is 38.0 Å². The van der Waals surface area contributed by atoms with Crippen molar-refractivity contribution in [3.63, 3.8) is 0 Å². The second kappa shape index (κ2) is 8.54. The summed E-state index contributed by atoms with van der Waals surface area (Å²) in [6.45, 7) is 6.76. The summed E-state index contributed by atoms with van der Waals surface area (Å²) in [6, 6.07) is 15.8. The van der Waals surface area contributed by atoms with Gasteiger partial charge in [-0.05, 0) is 30.2 Å². The number of anilines is 1. The van der Waals surface area contributed by atoms with Crippen LogP contribution in [0, 0.1) is 0 Å². The van der Waals surface area contributed by atoms with E-state index in [2.05, 4.69) is 33.1 Å². The smallest absolute Gasteiger partial charge is 0.238 e. The van der Waals surface area contributed by atoms with Gasteiger partial charge >= 0.3 is 0 Å². The van der Waals surface area contributed by atoms with E-state index in [1.54, 1.807) is 0 Å². The zero-order valence-electron chi connectivity index (χ0n) is 16.2. The van der Waals surface area contributed by atoms with Crippen molar-refractivity contribution in [1.82, 2.24) is 14.8 Å². The van der Waals surface area contributed by atoms with Gasteiger partial charge < -0.3 is 9.73 Å². The van der Waals surface area contributed by atoms with Gasteiger partial charge in [0, 0.05) is 31.9 Å². The lowest BCUT2D eigenvalue weighted by atomic mass is 10.1. The number of nitrogens with zero attached hydrogens (tertiary/aromatic N) is 3. The van der Waals surface area contributed by atoms with E-state index in [1.807, 2.05) is 42.5 Å². The molecule has 6 nitrogen and oxygen atoms in total. The molecule has 0 saturated carbocycles. The molecule has 0 spiro atoms. The fourth-order valence-corrected chi connectivity index (χ4v) is 3.63. The number of nitrogens with one attached hydrogen (secondary N) is 1. The molecule has 28 heavy (non-hydrogen) atoms. The third kappa shape index (κ3) is 4.40. The highest BCUT2D eigenvalue weighted by Gasteiger charge is 2.20. The van der Waals surface area contributed by atoms with Crippen molar-refractivity contribution >= 4 is 22.7 Å².